The molecule has 0 aliphatic heterocycles. The van der Waals surface area contributed by atoms with E-state index in [0.717, 1.165) is 40.9 Å². The van der Waals surface area contributed by atoms with Crippen molar-refractivity contribution in [3.05, 3.63) is 72.4 Å². The van der Waals surface area contributed by atoms with Gasteiger partial charge < -0.3 is 14.8 Å². The van der Waals surface area contributed by atoms with E-state index in [2.05, 4.69) is 49.5 Å². The van der Waals surface area contributed by atoms with Gasteiger partial charge in [0, 0.05) is 24.2 Å². The number of nitrogens with zero attached hydrogens (tertiary/aromatic N) is 5. The maximum Gasteiger partial charge on any atom is 0.227 e. The molecule has 0 atom stereocenters. The van der Waals surface area contributed by atoms with Gasteiger partial charge in [-0.3, -0.25) is 4.98 Å². The van der Waals surface area contributed by atoms with E-state index in [1.54, 1.807) is 26.6 Å². The van der Waals surface area contributed by atoms with Gasteiger partial charge in [0.15, 0.2) is 17.4 Å². The molecule has 1 N–H and O–H groups in total. The second kappa shape index (κ2) is 9.20. The molecular formula is C25H24N6O2. The molecule has 1 aliphatic rings. The summed E-state index contributed by atoms with van der Waals surface area (Å²) in [6.45, 7) is 0.577. The highest BCUT2D eigenvalue weighted by Gasteiger charge is 2.31. The smallest absolute Gasteiger partial charge is 0.227 e. The van der Waals surface area contributed by atoms with Gasteiger partial charge in [0.1, 0.15) is 11.9 Å². The molecule has 3 heterocycles. The summed E-state index contributed by atoms with van der Waals surface area (Å²) in [5.41, 5.74) is 4.81. The third-order valence-electron chi connectivity index (χ3n) is 5.57. The molecular weight excluding hydrogens is 416 g/mol. The largest absolute Gasteiger partial charge is 0.491 e. The monoisotopic (exact) mass is 440 g/mol. The maximum atomic E-state index is 5.50. The SMILES string of the molecule is COc1cnc(-c2c(OC)ncnc2C2CC2)nc1NCc1ccc(-c2ccccn2)cc1. The Balaban J connectivity index is 1.40. The van der Waals surface area contributed by atoms with E-state index in [1.165, 1.54) is 6.33 Å². The maximum absolute atomic E-state index is 5.50. The van der Waals surface area contributed by atoms with Crippen LogP contribution in [0, 0.1) is 0 Å². The molecule has 8 heteroatoms. The van der Waals surface area contributed by atoms with Crippen molar-refractivity contribution in [3.8, 4) is 34.3 Å². The molecule has 1 saturated carbocycles. The van der Waals surface area contributed by atoms with Gasteiger partial charge in [-0.2, -0.15) is 0 Å². The third-order valence-corrected chi connectivity index (χ3v) is 5.57. The summed E-state index contributed by atoms with van der Waals surface area (Å²) in [5, 5.41) is 3.38. The number of nitrogens with one attached hydrogen (secondary N) is 1. The predicted octanol–water partition coefficient (Wildman–Crippen LogP) is 4.50. The Morgan fingerprint density at radius 1 is 0.939 bits per heavy atom. The van der Waals surface area contributed by atoms with Crippen LogP contribution in [0.4, 0.5) is 5.82 Å². The molecule has 33 heavy (non-hydrogen) atoms. The average Bonchev–Trinajstić information content (AvgIpc) is 3.73. The summed E-state index contributed by atoms with van der Waals surface area (Å²) < 4.78 is 11.0. The number of pyridine rings is 1. The zero-order valence-corrected chi connectivity index (χ0v) is 18.5. The summed E-state index contributed by atoms with van der Waals surface area (Å²) in [6, 6.07) is 14.2. The number of ether oxygens (including phenoxy) is 2. The molecule has 1 aliphatic carbocycles. The summed E-state index contributed by atoms with van der Waals surface area (Å²) in [6.07, 6.45) is 7.20. The molecule has 3 aromatic heterocycles. The Hall–Kier alpha value is -4.07. The van der Waals surface area contributed by atoms with Crippen LogP contribution < -0.4 is 14.8 Å². The van der Waals surface area contributed by atoms with Gasteiger partial charge in [0.05, 0.1) is 31.8 Å². The lowest BCUT2D eigenvalue weighted by Gasteiger charge is -2.14. The number of aromatic nitrogens is 5. The molecule has 1 aromatic carbocycles. The van der Waals surface area contributed by atoms with Gasteiger partial charge in [-0.1, -0.05) is 30.3 Å². The van der Waals surface area contributed by atoms with E-state index in [-0.39, 0.29) is 0 Å². The highest BCUT2D eigenvalue weighted by atomic mass is 16.5. The molecule has 0 bridgehead atoms. The van der Waals surface area contributed by atoms with Crippen molar-refractivity contribution >= 4 is 5.82 Å². The fraction of sp³-hybridized carbons (Fsp3) is 0.240. The minimum absolute atomic E-state index is 0.400. The van der Waals surface area contributed by atoms with Crippen LogP contribution in [-0.2, 0) is 6.54 Å². The minimum Gasteiger partial charge on any atom is -0.491 e. The van der Waals surface area contributed by atoms with E-state index in [0.29, 0.717) is 35.7 Å². The molecule has 5 rings (SSSR count). The summed E-state index contributed by atoms with van der Waals surface area (Å²) in [4.78, 5) is 22.4. The van der Waals surface area contributed by atoms with Crippen LogP contribution in [0.5, 0.6) is 11.6 Å². The van der Waals surface area contributed by atoms with Crippen molar-refractivity contribution in [1.82, 2.24) is 24.9 Å². The van der Waals surface area contributed by atoms with Crippen LogP contribution in [0.1, 0.15) is 30.0 Å². The van der Waals surface area contributed by atoms with Crippen LogP contribution in [0.2, 0.25) is 0 Å². The lowest BCUT2D eigenvalue weighted by Crippen LogP contribution is -2.07. The molecule has 0 saturated heterocycles. The summed E-state index contributed by atoms with van der Waals surface area (Å²) in [5.74, 6) is 2.56. The predicted molar refractivity (Wildman–Crippen MR) is 125 cm³/mol. The van der Waals surface area contributed by atoms with E-state index in [4.69, 9.17) is 14.5 Å². The topological polar surface area (TPSA) is 94.9 Å². The number of benzene rings is 1. The molecule has 0 amide bonds. The summed E-state index contributed by atoms with van der Waals surface area (Å²) >= 11 is 0. The van der Waals surface area contributed by atoms with Crippen molar-refractivity contribution in [2.75, 3.05) is 19.5 Å². The van der Waals surface area contributed by atoms with Crippen molar-refractivity contribution in [2.24, 2.45) is 0 Å². The quantitative estimate of drug-likeness (QED) is 0.428. The Bertz CT molecular complexity index is 1240. The molecule has 1 fully saturated rings. The Morgan fingerprint density at radius 3 is 2.48 bits per heavy atom. The number of methoxy groups -OCH3 is 2. The highest BCUT2D eigenvalue weighted by Crippen LogP contribution is 2.45. The van der Waals surface area contributed by atoms with Gasteiger partial charge in [-0.05, 0) is 30.5 Å². The zero-order valence-electron chi connectivity index (χ0n) is 18.5. The Labute approximate surface area is 192 Å². The second-order valence-corrected chi connectivity index (χ2v) is 7.79. The number of hydrogen-bond acceptors (Lipinski definition) is 8. The van der Waals surface area contributed by atoms with Gasteiger partial charge in [0.2, 0.25) is 5.88 Å². The average molecular weight is 441 g/mol. The molecule has 166 valence electrons. The fourth-order valence-electron chi connectivity index (χ4n) is 3.69. The Morgan fingerprint density at radius 2 is 1.79 bits per heavy atom. The van der Waals surface area contributed by atoms with Crippen molar-refractivity contribution in [1.29, 1.82) is 0 Å². The van der Waals surface area contributed by atoms with Crippen molar-refractivity contribution in [2.45, 2.75) is 25.3 Å². The fourth-order valence-corrected chi connectivity index (χ4v) is 3.69. The molecule has 4 aromatic rings. The van der Waals surface area contributed by atoms with Crippen LogP contribution >= 0.6 is 0 Å². The second-order valence-electron chi connectivity index (χ2n) is 7.79. The van der Waals surface area contributed by atoms with Gasteiger partial charge >= 0.3 is 0 Å². The number of rotatable bonds is 8. The van der Waals surface area contributed by atoms with E-state index < -0.39 is 0 Å². The zero-order chi connectivity index (χ0) is 22.6. The van der Waals surface area contributed by atoms with E-state index >= 15 is 0 Å². The van der Waals surface area contributed by atoms with E-state index in [1.807, 2.05) is 18.2 Å². The first-order valence-electron chi connectivity index (χ1n) is 10.8. The first-order valence-corrected chi connectivity index (χ1v) is 10.8. The minimum atomic E-state index is 0.400. The highest BCUT2D eigenvalue weighted by molar-refractivity contribution is 5.68. The number of hydrogen-bond donors (Lipinski definition) is 1. The molecule has 0 radical (unpaired) electrons. The van der Waals surface area contributed by atoms with E-state index in [9.17, 15) is 0 Å². The Kier molecular flexibility index (Phi) is 5.80. The van der Waals surface area contributed by atoms with Crippen molar-refractivity contribution < 1.29 is 9.47 Å². The van der Waals surface area contributed by atoms with Gasteiger partial charge in [0.25, 0.3) is 0 Å². The molecule has 8 nitrogen and oxygen atoms in total. The third kappa shape index (κ3) is 4.45. The molecule has 0 spiro atoms. The molecule has 0 unspecified atom stereocenters. The standard InChI is InChI=1S/C25H24N6O2/c1-32-20-14-28-24(21-22(18-10-11-18)29-15-30-25(21)33-2)31-23(20)27-13-16-6-8-17(9-7-16)19-5-3-4-12-26-19/h3-9,12,14-15,18H,10-11,13H2,1-2H3,(H,27,28,31). The number of anilines is 1. The lowest BCUT2D eigenvalue weighted by atomic mass is 10.1. The van der Waals surface area contributed by atoms with Gasteiger partial charge in [-0.15, -0.1) is 0 Å². The summed E-state index contributed by atoms with van der Waals surface area (Å²) in [7, 11) is 3.20. The lowest BCUT2D eigenvalue weighted by molar-refractivity contribution is 0.397. The van der Waals surface area contributed by atoms with Gasteiger partial charge in [-0.25, -0.2) is 19.9 Å². The normalized spacial score (nSPS) is 12.9. The van der Waals surface area contributed by atoms with Crippen LogP contribution in [0.25, 0.3) is 22.6 Å². The van der Waals surface area contributed by atoms with Crippen molar-refractivity contribution in [3.63, 3.8) is 0 Å². The van der Waals surface area contributed by atoms with Crippen LogP contribution in [0.15, 0.2) is 61.2 Å². The van der Waals surface area contributed by atoms with Crippen LogP contribution in [0.3, 0.4) is 0 Å². The van der Waals surface area contributed by atoms with Crippen LogP contribution in [-0.4, -0.2) is 39.1 Å². The first kappa shape index (κ1) is 20.8. The first-order chi connectivity index (χ1) is 16.3.